The third-order valence-corrected chi connectivity index (χ3v) is 7.36. The van der Waals surface area contributed by atoms with Crippen LogP contribution in [0.2, 0.25) is 0 Å². The quantitative estimate of drug-likeness (QED) is 0.244. The zero-order valence-corrected chi connectivity index (χ0v) is 21.3. The molecule has 170 valence electrons. The van der Waals surface area contributed by atoms with Crippen LogP contribution in [0.5, 0.6) is 0 Å². The Morgan fingerprint density at radius 3 is 2.38 bits per heavy atom. The predicted molar refractivity (Wildman–Crippen MR) is 125 cm³/mol. The van der Waals surface area contributed by atoms with Gasteiger partial charge in [-0.05, 0) is 64.2 Å². The van der Waals surface area contributed by atoms with Gasteiger partial charge < -0.3 is 20.1 Å². The lowest BCUT2D eigenvalue weighted by Crippen LogP contribution is -2.41. The van der Waals surface area contributed by atoms with Crippen LogP contribution in [0.3, 0.4) is 0 Å². The van der Waals surface area contributed by atoms with Gasteiger partial charge in [-0.2, -0.15) is 0 Å². The summed E-state index contributed by atoms with van der Waals surface area (Å²) in [6, 6.07) is 0. The minimum absolute atomic E-state index is 0.0275. The summed E-state index contributed by atoms with van der Waals surface area (Å²) in [6.45, 7) is 14.2. The minimum Gasteiger partial charge on any atom is -0.444 e. The molecule has 1 fully saturated rings. The fraction of sp³-hybridized carbons (Fsp3) is 0.909. The van der Waals surface area contributed by atoms with E-state index in [1.54, 1.807) is 0 Å². The Morgan fingerprint density at radius 2 is 1.83 bits per heavy atom. The third kappa shape index (κ3) is 10.3. The molecule has 4 atom stereocenters. The number of amides is 2. The highest BCUT2D eigenvalue weighted by molar-refractivity contribution is 14.1. The van der Waals surface area contributed by atoms with Gasteiger partial charge >= 0.3 is 6.09 Å². The molecule has 2 N–H and O–H groups in total. The van der Waals surface area contributed by atoms with Crippen molar-refractivity contribution < 1.29 is 19.1 Å². The van der Waals surface area contributed by atoms with Crippen LogP contribution in [-0.2, 0) is 14.3 Å². The van der Waals surface area contributed by atoms with Gasteiger partial charge in [-0.25, -0.2) is 4.79 Å². The molecule has 2 amide bonds. The first-order chi connectivity index (χ1) is 13.4. The minimum atomic E-state index is -0.483. The summed E-state index contributed by atoms with van der Waals surface area (Å²) >= 11 is 2.55. The van der Waals surface area contributed by atoms with Crippen LogP contribution in [0, 0.1) is 11.3 Å². The number of hydrogen-bond donors (Lipinski definition) is 2. The fourth-order valence-electron chi connectivity index (χ4n) is 3.63. The van der Waals surface area contributed by atoms with Gasteiger partial charge in [0, 0.05) is 23.4 Å². The van der Waals surface area contributed by atoms with Crippen LogP contribution >= 0.6 is 22.6 Å². The highest BCUT2D eigenvalue weighted by atomic mass is 127. The van der Waals surface area contributed by atoms with Crippen molar-refractivity contribution in [2.75, 3.05) is 19.7 Å². The van der Waals surface area contributed by atoms with E-state index in [0.29, 0.717) is 41.4 Å². The summed E-state index contributed by atoms with van der Waals surface area (Å²) in [6.07, 6.45) is 5.24. The number of carbonyl (C=O) groups is 2. The zero-order valence-electron chi connectivity index (χ0n) is 19.1. The Hall–Kier alpha value is -0.570. The van der Waals surface area contributed by atoms with E-state index < -0.39 is 11.7 Å². The molecule has 29 heavy (non-hydrogen) atoms. The summed E-state index contributed by atoms with van der Waals surface area (Å²) in [7, 11) is 0. The molecule has 0 radical (unpaired) electrons. The number of nitrogens with one attached hydrogen (secondary N) is 2. The number of rotatable bonds is 10. The predicted octanol–water partition coefficient (Wildman–Crippen LogP) is 4.83. The Morgan fingerprint density at radius 1 is 1.21 bits per heavy atom. The number of alkyl halides is 1. The number of halogens is 1. The van der Waals surface area contributed by atoms with Crippen LogP contribution in [0.15, 0.2) is 0 Å². The lowest BCUT2D eigenvalue weighted by Gasteiger charge is -2.45. The highest BCUT2D eigenvalue weighted by Crippen LogP contribution is 2.46. The van der Waals surface area contributed by atoms with Gasteiger partial charge in [-0.3, -0.25) is 4.79 Å². The first kappa shape index (κ1) is 26.5. The molecule has 7 heteroatoms. The number of hydrogen-bond acceptors (Lipinski definition) is 4. The summed E-state index contributed by atoms with van der Waals surface area (Å²) in [5.74, 6) is 0.663. The zero-order chi connectivity index (χ0) is 22.1. The van der Waals surface area contributed by atoms with Crippen molar-refractivity contribution >= 4 is 34.6 Å². The molecule has 0 unspecified atom stereocenters. The molecular formula is C22H41IN2O4. The van der Waals surface area contributed by atoms with Gasteiger partial charge in [0.2, 0.25) is 5.91 Å². The molecule has 0 heterocycles. The molecule has 1 aliphatic rings. The third-order valence-electron chi connectivity index (χ3n) is 5.93. The molecule has 0 aliphatic heterocycles. The van der Waals surface area contributed by atoms with E-state index in [9.17, 15) is 9.59 Å². The van der Waals surface area contributed by atoms with Crippen LogP contribution in [0.1, 0.15) is 80.1 Å². The lowest BCUT2D eigenvalue weighted by atomic mass is 9.66. The van der Waals surface area contributed by atoms with Gasteiger partial charge in [0.25, 0.3) is 0 Å². The SMILES string of the molecule is C[C@H](I)[C@@]1(C)CC[C@H](OCCC(=O)NCCCCNC(=O)OC(C)(C)C)C[C@@H]1C. The van der Waals surface area contributed by atoms with E-state index in [0.717, 1.165) is 25.7 Å². The van der Waals surface area contributed by atoms with Crippen LogP contribution in [-0.4, -0.2) is 47.3 Å². The van der Waals surface area contributed by atoms with E-state index >= 15 is 0 Å². The van der Waals surface area contributed by atoms with E-state index in [1.807, 2.05) is 20.8 Å². The Labute approximate surface area is 190 Å². The van der Waals surface area contributed by atoms with Crippen molar-refractivity contribution in [1.82, 2.24) is 10.6 Å². The monoisotopic (exact) mass is 524 g/mol. The second-order valence-electron chi connectivity index (χ2n) is 9.53. The number of ether oxygens (including phenoxy) is 2. The molecule has 0 saturated heterocycles. The summed E-state index contributed by atoms with van der Waals surface area (Å²) < 4.78 is 11.8. The number of alkyl carbamates (subject to hydrolysis) is 1. The molecule has 1 rings (SSSR count). The maximum atomic E-state index is 12.0. The standard InChI is InChI=1S/C22H41IN2O4/c1-16-15-18(9-11-22(16,6)17(2)23)28-14-10-19(26)24-12-7-8-13-25-20(27)29-21(3,4)5/h16-18H,7-15H2,1-6H3,(H,24,26)(H,25,27)/t16-,17-,18-,22-/m0/s1. The smallest absolute Gasteiger partial charge is 0.407 e. The first-order valence-electron chi connectivity index (χ1n) is 10.9. The average Bonchev–Trinajstić information content (AvgIpc) is 2.59. The number of unbranched alkanes of at least 4 members (excludes halogenated alkanes) is 1. The van der Waals surface area contributed by atoms with Gasteiger partial charge in [-0.15, -0.1) is 0 Å². The molecule has 0 aromatic rings. The van der Waals surface area contributed by atoms with E-state index in [2.05, 4.69) is 54.0 Å². The van der Waals surface area contributed by atoms with Crippen LogP contribution < -0.4 is 10.6 Å². The Kier molecular flexibility index (Phi) is 11.2. The van der Waals surface area contributed by atoms with Gasteiger partial charge in [0.05, 0.1) is 12.7 Å². The lowest BCUT2D eigenvalue weighted by molar-refractivity contribution is -0.123. The fourth-order valence-corrected chi connectivity index (χ4v) is 4.56. The topological polar surface area (TPSA) is 76.7 Å². The summed E-state index contributed by atoms with van der Waals surface area (Å²) in [4.78, 5) is 23.5. The highest BCUT2D eigenvalue weighted by Gasteiger charge is 2.40. The van der Waals surface area contributed by atoms with Gasteiger partial charge in [0.1, 0.15) is 5.60 Å². The van der Waals surface area contributed by atoms with Gasteiger partial charge in [-0.1, -0.05) is 43.4 Å². The molecule has 0 spiro atoms. The first-order valence-corrected chi connectivity index (χ1v) is 12.2. The van der Waals surface area contributed by atoms with Crippen molar-refractivity contribution in [1.29, 1.82) is 0 Å². The van der Waals surface area contributed by atoms with E-state index in [-0.39, 0.29) is 12.0 Å². The summed E-state index contributed by atoms with van der Waals surface area (Å²) in [5.41, 5.74) is -0.0975. The molecule has 0 aromatic heterocycles. The van der Waals surface area contributed by atoms with Crippen molar-refractivity contribution in [3.63, 3.8) is 0 Å². The van der Waals surface area contributed by atoms with Crippen molar-refractivity contribution in [3.05, 3.63) is 0 Å². The van der Waals surface area contributed by atoms with E-state index in [4.69, 9.17) is 9.47 Å². The maximum Gasteiger partial charge on any atom is 0.407 e. The average molecular weight is 524 g/mol. The maximum absolute atomic E-state index is 12.0. The van der Waals surface area contributed by atoms with Crippen molar-refractivity contribution in [3.8, 4) is 0 Å². The Balaban J connectivity index is 2.06. The largest absolute Gasteiger partial charge is 0.444 e. The van der Waals surface area contributed by atoms with Crippen LogP contribution in [0.4, 0.5) is 4.79 Å². The molecular weight excluding hydrogens is 483 g/mol. The second-order valence-corrected chi connectivity index (χ2v) is 11.4. The van der Waals surface area contributed by atoms with Gasteiger partial charge in [0.15, 0.2) is 0 Å². The summed E-state index contributed by atoms with van der Waals surface area (Å²) in [5, 5.41) is 5.64. The second kappa shape index (κ2) is 12.3. The normalized spacial score (nSPS) is 25.9. The molecule has 0 aromatic carbocycles. The molecule has 0 bridgehead atoms. The van der Waals surface area contributed by atoms with Crippen molar-refractivity contribution in [2.45, 2.75) is 95.7 Å². The Bertz CT molecular complexity index is 521. The molecule has 1 saturated carbocycles. The van der Waals surface area contributed by atoms with Crippen molar-refractivity contribution in [2.24, 2.45) is 11.3 Å². The van der Waals surface area contributed by atoms with Crippen LogP contribution in [0.25, 0.3) is 0 Å². The molecule has 1 aliphatic carbocycles. The number of carbonyl (C=O) groups excluding carboxylic acids is 2. The van der Waals surface area contributed by atoms with E-state index in [1.165, 1.54) is 6.42 Å². The molecule has 6 nitrogen and oxygen atoms in total.